The van der Waals surface area contributed by atoms with Crippen molar-refractivity contribution >= 4 is 11.8 Å². The molecule has 1 unspecified atom stereocenters. The van der Waals surface area contributed by atoms with Gasteiger partial charge in [0.1, 0.15) is 0 Å². The van der Waals surface area contributed by atoms with E-state index in [1.165, 1.54) is 19.4 Å². The zero-order valence-electron chi connectivity index (χ0n) is 12.0. The summed E-state index contributed by atoms with van der Waals surface area (Å²) in [6.07, 6.45) is 2.66. The number of hydrogen-bond acceptors (Lipinski definition) is 2. The highest BCUT2D eigenvalue weighted by molar-refractivity contribution is 8.00. The molecule has 0 spiro atoms. The minimum absolute atomic E-state index is 0.741. The van der Waals surface area contributed by atoms with Gasteiger partial charge in [0.2, 0.25) is 0 Å². The largest absolute Gasteiger partial charge is 0.315 e. The molecule has 0 aromatic rings. The van der Waals surface area contributed by atoms with Gasteiger partial charge >= 0.3 is 0 Å². The lowest BCUT2D eigenvalue weighted by atomic mass is 10.0. The molecule has 0 fully saturated rings. The summed E-state index contributed by atoms with van der Waals surface area (Å²) in [5, 5.41) is 5.13. The molecule has 98 valence electrons. The normalized spacial score (nSPS) is 15.8. The van der Waals surface area contributed by atoms with Gasteiger partial charge < -0.3 is 5.32 Å². The second-order valence-electron chi connectivity index (χ2n) is 5.54. The molecule has 2 atom stereocenters. The average Bonchev–Trinajstić information content (AvgIpc) is 2.15. The van der Waals surface area contributed by atoms with E-state index in [-0.39, 0.29) is 0 Å². The molecule has 0 saturated carbocycles. The van der Waals surface area contributed by atoms with Crippen LogP contribution in [0.15, 0.2) is 0 Å². The van der Waals surface area contributed by atoms with E-state index < -0.39 is 0 Å². The van der Waals surface area contributed by atoms with Crippen LogP contribution in [0.5, 0.6) is 0 Å². The lowest BCUT2D eigenvalue weighted by Crippen LogP contribution is -2.32. The van der Waals surface area contributed by atoms with Gasteiger partial charge in [-0.1, -0.05) is 48.0 Å². The lowest BCUT2D eigenvalue weighted by Gasteiger charge is -2.26. The molecule has 0 amide bonds. The molecular weight excluding hydrogens is 214 g/mol. The van der Waals surface area contributed by atoms with Crippen LogP contribution in [-0.4, -0.2) is 23.6 Å². The fourth-order valence-corrected chi connectivity index (χ4v) is 3.21. The predicted molar refractivity (Wildman–Crippen MR) is 78.3 cm³/mol. The highest BCUT2D eigenvalue weighted by Crippen LogP contribution is 2.26. The van der Waals surface area contributed by atoms with Crippen LogP contribution in [0.2, 0.25) is 0 Å². The minimum atomic E-state index is 0.741. The summed E-state index contributed by atoms with van der Waals surface area (Å²) in [7, 11) is 0. The Balaban J connectivity index is 3.99. The third kappa shape index (κ3) is 8.46. The van der Waals surface area contributed by atoms with Crippen molar-refractivity contribution in [3.63, 3.8) is 0 Å². The van der Waals surface area contributed by atoms with E-state index >= 15 is 0 Å². The summed E-state index contributed by atoms with van der Waals surface area (Å²) in [6.45, 7) is 16.2. The van der Waals surface area contributed by atoms with Crippen LogP contribution in [0.1, 0.15) is 54.4 Å². The van der Waals surface area contributed by atoms with Gasteiger partial charge in [-0.15, -0.1) is 0 Å². The topological polar surface area (TPSA) is 12.0 Å². The molecule has 0 aliphatic carbocycles. The van der Waals surface area contributed by atoms with E-state index in [1.54, 1.807) is 0 Å². The maximum Gasteiger partial charge on any atom is 0.0200 e. The van der Waals surface area contributed by atoms with Crippen LogP contribution in [-0.2, 0) is 0 Å². The SMILES string of the molecule is CCC[C@H](C)C(CNCC(C)C)SC(C)C. The van der Waals surface area contributed by atoms with E-state index in [0.717, 1.165) is 28.9 Å². The van der Waals surface area contributed by atoms with Crippen LogP contribution in [0.3, 0.4) is 0 Å². The molecule has 0 saturated heterocycles. The number of thioether (sulfide) groups is 1. The van der Waals surface area contributed by atoms with Gasteiger partial charge in [-0.25, -0.2) is 0 Å². The van der Waals surface area contributed by atoms with E-state index in [0.29, 0.717) is 0 Å². The Labute approximate surface area is 107 Å². The van der Waals surface area contributed by atoms with Crippen molar-refractivity contribution in [2.45, 2.75) is 64.9 Å². The third-order valence-electron chi connectivity index (χ3n) is 2.72. The highest BCUT2D eigenvalue weighted by atomic mass is 32.2. The molecule has 0 aliphatic heterocycles. The van der Waals surface area contributed by atoms with Gasteiger partial charge in [0.15, 0.2) is 0 Å². The molecule has 0 aromatic carbocycles. The second kappa shape index (κ2) is 9.35. The first-order valence-electron chi connectivity index (χ1n) is 6.83. The number of hydrogen-bond donors (Lipinski definition) is 1. The monoisotopic (exact) mass is 245 g/mol. The van der Waals surface area contributed by atoms with Crippen LogP contribution >= 0.6 is 11.8 Å². The van der Waals surface area contributed by atoms with Crippen molar-refractivity contribution in [3.8, 4) is 0 Å². The Kier molecular flexibility index (Phi) is 9.53. The van der Waals surface area contributed by atoms with E-state index in [1.807, 2.05) is 0 Å². The van der Waals surface area contributed by atoms with Gasteiger partial charge in [0.05, 0.1) is 0 Å². The quantitative estimate of drug-likeness (QED) is 0.654. The Morgan fingerprint density at radius 1 is 1.00 bits per heavy atom. The molecule has 0 aliphatic rings. The number of rotatable bonds is 9. The maximum absolute atomic E-state index is 3.61. The van der Waals surface area contributed by atoms with Crippen molar-refractivity contribution in [1.82, 2.24) is 5.32 Å². The first-order valence-corrected chi connectivity index (χ1v) is 7.77. The molecule has 1 nitrogen and oxygen atoms in total. The van der Waals surface area contributed by atoms with Crippen LogP contribution < -0.4 is 5.32 Å². The maximum atomic E-state index is 3.61. The first-order chi connectivity index (χ1) is 7.47. The highest BCUT2D eigenvalue weighted by Gasteiger charge is 2.18. The smallest absolute Gasteiger partial charge is 0.0200 e. The summed E-state index contributed by atoms with van der Waals surface area (Å²) in [5.41, 5.74) is 0. The standard InChI is InChI=1S/C14H31NS/c1-7-8-13(6)14(16-12(4)5)10-15-9-11(2)3/h11-15H,7-10H2,1-6H3/t13-,14?/m0/s1. The molecule has 0 aromatic heterocycles. The van der Waals surface area contributed by atoms with Crippen molar-refractivity contribution in [3.05, 3.63) is 0 Å². The van der Waals surface area contributed by atoms with E-state index in [2.05, 4.69) is 58.6 Å². The molecule has 1 N–H and O–H groups in total. The van der Waals surface area contributed by atoms with E-state index in [4.69, 9.17) is 0 Å². The molecular formula is C14H31NS. The van der Waals surface area contributed by atoms with Gasteiger partial charge in [-0.2, -0.15) is 11.8 Å². The van der Waals surface area contributed by atoms with Crippen molar-refractivity contribution in [2.75, 3.05) is 13.1 Å². The number of nitrogens with one attached hydrogen (secondary N) is 1. The summed E-state index contributed by atoms with van der Waals surface area (Å²) in [5.74, 6) is 1.59. The van der Waals surface area contributed by atoms with Crippen molar-refractivity contribution in [2.24, 2.45) is 11.8 Å². The van der Waals surface area contributed by atoms with Crippen molar-refractivity contribution < 1.29 is 0 Å². The lowest BCUT2D eigenvalue weighted by molar-refractivity contribution is 0.461. The van der Waals surface area contributed by atoms with Gasteiger partial charge in [-0.3, -0.25) is 0 Å². The van der Waals surface area contributed by atoms with Crippen LogP contribution in [0.4, 0.5) is 0 Å². The molecule has 2 heteroatoms. The zero-order valence-corrected chi connectivity index (χ0v) is 12.9. The third-order valence-corrected chi connectivity index (χ3v) is 4.25. The van der Waals surface area contributed by atoms with Crippen LogP contribution in [0.25, 0.3) is 0 Å². The summed E-state index contributed by atoms with van der Waals surface area (Å²) >= 11 is 2.14. The van der Waals surface area contributed by atoms with Gasteiger partial charge in [0, 0.05) is 11.8 Å². The summed E-state index contributed by atoms with van der Waals surface area (Å²) < 4.78 is 0. The van der Waals surface area contributed by atoms with Crippen molar-refractivity contribution in [1.29, 1.82) is 0 Å². The fraction of sp³-hybridized carbons (Fsp3) is 1.00. The Hall–Kier alpha value is 0.310. The molecule has 0 rings (SSSR count). The first kappa shape index (κ1) is 16.3. The zero-order chi connectivity index (χ0) is 12.6. The van der Waals surface area contributed by atoms with E-state index in [9.17, 15) is 0 Å². The molecule has 0 radical (unpaired) electrons. The fourth-order valence-electron chi connectivity index (χ4n) is 1.89. The Morgan fingerprint density at radius 3 is 2.06 bits per heavy atom. The van der Waals surface area contributed by atoms with Gasteiger partial charge in [0.25, 0.3) is 0 Å². The average molecular weight is 245 g/mol. The molecule has 0 bridgehead atoms. The predicted octanol–water partition coefficient (Wildman–Crippen LogP) is 4.18. The Morgan fingerprint density at radius 2 is 1.62 bits per heavy atom. The molecule has 0 heterocycles. The van der Waals surface area contributed by atoms with Gasteiger partial charge in [-0.05, 0) is 30.1 Å². The summed E-state index contributed by atoms with van der Waals surface area (Å²) in [4.78, 5) is 0. The Bertz CT molecular complexity index is 157. The molecule has 16 heavy (non-hydrogen) atoms. The van der Waals surface area contributed by atoms with Crippen LogP contribution in [0, 0.1) is 11.8 Å². The minimum Gasteiger partial charge on any atom is -0.315 e. The summed E-state index contributed by atoms with van der Waals surface area (Å²) in [6, 6.07) is 0. The second-order valence-corrected chi connectivity index (χ2v) is 7.36.